The SMILES string of the molecule is C[C@](C#N)(NC(=O)COC(=O)c1ccc(Cl)s1)C1CC1. The van der Waals surface area contributed by atoms with Gasteiger partial charge >= 0.3 is 5.97 Å². The predicted octanol–water partition coefficient (Wildman–Crippen LogP) is 2.37. The molecular weight excluding hydrogens is 300 g/mol. The number of carbonyl (C=O) groups is 2. The predicted molar refractivity (Wildman–Crippen MR) is 74.5 cm³/mol. The van der Waals surface area contributed by atoms with Gasteiger partial charge in [-0.3, -0.25) is 4.79 Å². The zero-order chi connectivity index (χ0) is 14.8. The number of esters is 1. The van der Waals surface area contributed by atoms with E-state index in [2.05, 4.69) is 11.4 Å². The van der Waals surface area contributed by atoms with Gasteiger partial charge in [0.15, 0.2) is 6.61 Å². The Morgan fingerprint density at radius 1 is 1.60 bits per heavy atom. The van der Waals surface area contributed by atoms with Crippen LogP contribution in [0.15, 0.2) is 12.1 Å². The Balaban J connectivity index is 1.83. The minimum absolute atomic E-state index is 0.184. The molecule has 0 spiro atoms. The first-order chi connectivity index (χ1) is 9.44. The van der Waals surface area contributed by atoms with Crippen LogP contribution in [0.5, 0.6) is 0 Å². The monoisotopic (exact) mass is 312 g/mol. The topological polar surface area (TPSA) is 79.2 Å². The second kappa shape index (κ2) is 5.81. The summed E-state index contributed by atoms with van der Waals surface area (Å²) in [6.07, 6.45) is 1.86. The highest BCUT2D eigenvalue weighted by atomic mass is 35.5. The Bertz CT molecular complexity index is 576. The molecule has 1 aromatic rings. The Hall–Kier alpha value is -1.58. The van der Waals surface area contributed by atoms with Crippen LogP contribution < -0.4 is 5.32 Å². The number of hydrogen-bond acceptors (Lipinski definition) is 5. The van der Waals surface area contributed by atoms with Gasteiger partial charge in [-0.2, -0.15) is 5.26 Å². The summed E-state index contributed by atoms with van der Waals surface area (Å²) in [5.41, 5.74) is -0.879. The number of nitrogens with zero attached hydrogens (tertiary/aromatic N) is 1. The van der Waals surface area contributed by atoms with E-state index in [1.165, 1.54) is 6.07 Å². The molecule has 20 heavy (non-hydrogen) atoms. The number of nitrogens with one attached hydrogen (secondary N) is 1. The maximum Gasteiger partial charge on any atom is 0.348 e. The maximum atomic E-state index is 11.7. The Morgan fingerprint density at radius 3 is 2.80 bits per heavy atom. The average Bonchev–Trinajstić information content (AvgIpc) is 3.19. The fraction of sp³-hybridized carbons (Fsp3) is 0.462. The molecule has 1 N–H and O–H groups in total. The largest absolute Gasteiger partial charge is 0.451 e. The third-order valence-corrected chi connectivity index (χ3v) is 4.35. The van der Waals surface area contributed by atoms with Crippen molar-refractivity contribution in [2.24, 2.45) is 5.92 Å². The molecule has 7 heteroatoms. The van der Waals surface area contributed by atoms with Gasteiger partial charge in [0.25, 0.3) is 5.91 Å². The lowest BCUT2D eigenvalue weighted by Crippen LogP contribution is -2.48. The van der Waals surface area contributed by atoms with Gasteiger partial charge in [-0.1, -0.05) is 11.6 Å². The molecule has 1 heterocycles. The second-order valence-corrected chi connectivity index (χ2v) is 6.53. The van der Waals surface area contributed by atoms with Crippen LogP contribution in [0.3, 0.4) is 0 Å². The highest BCUT2D eigenvalue weighted by Crippen LogP contribution is 2.39. The van der Waals surface area contributed by atoms with Crippen molar-refractivity contribution in [1.82, 2.24) is 5.32 Å². The number of ether oxygens (including phenoxy) is 1. The molecule has 1 atom stereocenters. The number of halogens is 1. The first kappa shape index (κ1) is 14.8. The summed E-state index contributed by atoms with van der Waals surface area (Å²) in [7, 11) is 0. The Morgan fingerprint density at radius 2 is 2.30 bits per heavy atom. The molecule has 1 aliphatic carbocycles. The van der Waals surface area contributed by atoms with Crippen LogP contribution in [-0.4, -0.2) is 24.0 Å². The van der Waals surface area contributed by atoms with Crippen LogP contribution >= 0.6 is 22.9 Å². The number of rotatable bonds is 5. The van der Waals surface area contributed by atoms with Gasteiger partial charge in [0.1, 0.15) is 10.4 Å². The highest BCUT2D eigenvalue weighted by Gasteiger charge is 2.43. The van der Waals surface area contributed by atoms with Gasteiger partial charge in [0.05, 0.1) is 10.4 Å². The van der Waals surface area contributed by atoms with E-state index < -0.39 is 24.0 Å². The summed E-state index contributed by atoms with van der Waals surface area (Å²) in [5, 5.41) is 11.7. The first-order valence-corrected chi connectivity index (χ1v) is 7.29. The van der Waals surface area contributed by atoms with E-state index in [0.717, 1.165) is 24.2 Å². The molecule has 0 bridgehead atoms. The molecule has 5 nitrogen and oxygen atoms in total. The molecule has 0 unspecified atom stereocenters. The van der Waals surface area contributed by atoms with E-state index in [0.29, 0.717) is 9.21 Å². The van der Waals surface area contributed by atoms with Gasteiger partial charge in [-0.05, 0) is 37.8 Å². The lowest BCUT2D eigenvalue weighted by Gasteiger charge is -2.22. The number of amides is 1. The summed E-state index contributed by atoms with van der Waals surface area (Å²) < 4.78 is 5.36. The van der Waals surface area contributed by atoms with E-state index in [1.54, 1.807) is 13.0 Å². The van der Waals surface area contributed by atoms with Crippen molar-refractivity contribution in [2.45, 2.75) is 25.3 Å². The zero-order valence-corrected chi connectivity index (χ0v) is 12.4. The molecular formula is C13H13ClN2O3S. The molecule has 1 aliphatic rings. The van der Waals surface area contributed by atoms with Crippen LogP contribution in [0.4, 0.5) is 0 Å². The van der Waals surface area contributed by atoms with Crippen molar-refractivity contribution >= 4 is 34.8 Å². The standard InChI is InChI=1S/C13H13ClN2O3S/c1-13(7-15,8-2-3-8)16-11(17)6-19-12(18)9-4-5-10(14)20-9/h4-5,8H,2-3,6H2,1H3,(H,16,17)/t13-/m1/s1. The van der Waals surface area contributed by atoms with Crippen LogP contribution in [0.25, 0.3) is 0 Å². The van der Waals surface area contributed by atoms with Gasteiger partial charge in [-0.15, -0.1) is 11.3 Å². The van der Waals surface area contributed by atoms with E-state index in [1.807, 2.05) is 0 Å². The van der Waals surface area contributed by atoms with Gasteiger partial charge in [0.2, 0.25) is 0 Å². The van der Waals surface area contributed by atoms with Crippen LogP contribution in [0.2, 0.25) is 4.34 Å². The Labute approximate surface area is 125 Å². The molecule has 1 amide bonds. The third-order valence-electron chi connectivity index (χ3n) is 3.13. The molecule has 1 fully saturated rings. The molecule has 0 radical (unpaired) electrons. The van der Waals surface area contributed by atoms with Gasteiger partial charge < -0.3 is 10.1 Å². The number of carbonyl (C=O) groups excluding carboxylic acids is 2. The van der Waals surface area contributed by atoms with Crippen LogP contribution in [-0.2, 0) is 9.53 Å². The minimum atomic E-state index is -0.879. The highest BCUT2D eigenvalue weighted by molar-refractivity contribution is 7.17. The summed E-state index contributed by atoms with van der Waals surface area (Å²) in [5.74, 6) is -0.887. The third kappa shape index (κ3) is 3.50. The van der Waals surface area contributed by atoms with Crippen molar-refractivity contribution < 1.29 is 14.3 Å². The minimum Gasteiger partial charge on any atom is -0.451 e. The summed E-state index contributed by atoms with van der Waals surface area (Å²) in [6.45, 7) is 1.28. The van der Waals surface area contributed by atoms with Crippen LogP contribution in [0.1, 0.15) is 29.4 Å². The molecule has 2 rings (SSSR count). The van der Waals surface area contributed by atoms with E-state index in [-0.39, 0.29) is 5.92 Å². The van der Waals surface area contributed by atoms with Crippen molar-refractivity contribution in [3.63, 3.8) is 0 Å². The molecule has 0 aromatic carbocycles. The number of hydrogen-bond donors (Lipinski definition) is 1. The average molecular weight is 313 g/mol. The van der Waals surface area contributed by atoms with E-state index in [9.17, 15) is 9.59 Å². The number of nitriles is 1. The lowest BCUT2D eigenvalue weighted by molar-refractivity contribution is -0.125. The van der Waals surface area contributed by atoms with Crippen molar-refractivity contribution in [3.8, 4) is 6.07 Å². The van der Waals surface area contributed by atoms with Gasteiger partial charge in [-0.25, -0.2) is 4.79 Å². The smallest absolute Gasteiger partial charge is 0.348 e. The first-order valence-electron chi connectivity index (χ1n) is 6.09. The molecule has 0 aliphatic heterocycles. The maximum absolute atomic E-state index is 11.7. The van der Waals surface area contributed by atoms with E-state index in [4.69, 9.17) is 21.6 Å². The van der Waals surface area contributed by atoms with Crippen molar-refractivity contribution in [3.05, 3.63) is 21.3 Å². The molecule has 106 valence electrons. The van der Waals surface area contributed by atoms with Gasteiger partial charge in [0, 0.05) is 0 Å². The van der Waals surface area contributed by atoms with Crippen molar-refractivity contribution in [2.75, 3.05) is 6.61 Å². The Kier molecular flexibility index (Phi) is 4.31. The zero-order valence-electron chi connectivity index (χ0n) is 10.8. The lowest BCUT2D eigenvalue weighted by atomic mass is 9.98. The molecule has 1 aromatic heterocycles. The fourth-order valence-corrected chi connectivity index (χ4v) is 2.77. The van der Waals surface area contributed by atoms with E-state index >= 15 is 0 Å². The molecule has 0 saturated heterocycles. The summed E-state index contributed by atoms with van der Waals surface area (Å²) in [4.78, 5) is 23.7. The van der Waals surface area contributed by atoms with Crippen molar-refractivity contribution in [1.29, 1.82) is 5.26 Å². The number of thiophene rings is 1. The fourth-order valence-electron chi connectivity index (χ4n) is 1.83. The summed E-state index contributed by atoms with van der Waals surface area (Å²) >= 11 is 6.80. The molecule has 1 saturated carbocycles. The summed E-state index contributed by atoms with van der Waals surface area (Å²) in [6, 6.07) is 5.23. The quantitative estimate of drug-likeness (QED) is 0.846. The normalized spacial score (nSPS) is 16.9. The van der Waals surface area contributed by atoms with Crippen LogP contribution in [0, 0.1) is 17.2 Å². The second-order valence-electron chi connectivity index (χ2n) is 4.82.